The minimum absolute atomic E-state index is 0.191. The molecule has 1 aliphatic carbocycles. The molecule has 190 valence electrons. The first-order valence-electron chi connectivity index (χ1n) is 13.2. The van der Waals surface area contributed by atoms with Crippen molar-refractivity contribution < 1.29 is 4.79 Å². The molecular formula is C29H38N6O. The van der Waals surface area contributed by atoms with Crippen LogP contribution in [0.4, 0.5) is 5.82 Å². The lowest BCUT2D eigenvalue weighted by Crippen LogP contribution is -2.33. The average molecular weight is 487 g/mol. The van der Waals surface area contributed by atoms with Crippen molar-refractivity contribution in [3.05, 3.63) is 89.4 Å². The van der Waals surface area contributed by atoms with Gasteiger partial charge in [0.05, 0.1) is 12.2 Å². The van der Waals surface area contributed by atoms with Crippen molar-refractivity contribution in [1.29, 1.82) is 0 Å². The fourth-order valence-corrected chi connectivity index (χ4v) is 4.45. The molecule has 0 spiro atoms. The van der Waals surface area contributed by atoms with Crippen LogP contribution in [0.15, 0.2) is 66.9 Å². The second-order valence-electron chi connectivity index (χ2n) is 9.40. The van der Waals surface area contributed by atoms with Crippen molar-refractivity contribution in [3.63, 3.8) is 0 Å². The van der Waals surface area contributed by atoms with Gasteiger partial charge in [0, 0.05) is 25.3 Å². The number of benzene rings is 1. The van der Waals surface area contributed by atoms with E-state index in [4.69, 9.17) is 0 Å². The van der Waals surface area contributed by atoms with Crippen LogP contribution in [-0.2, 0) is 19.6 Å². The number of nitrogens with zero attached hydrogens (tertiary/aromatic N) is 2. The second-order valence-corrected chi connectivity index (χ2v) is 9.40. The molecule has 7 nitrogen and oxygen atoms in total. The lowest BCUT2D eigenvalue weighted by atomic mass is 9.95. The molecule has 0 unspecified atom stereocenters. The van der Waals surface area contributed by atoms with Crippen LogP contribution < -0.4 is 21.3 Å². The molecule has 7 heteroatoms. The fraction of sp³-hybridized carbons (Fsp3) is 0.414. The molecule has 2 heterocycles. The number of amides is 1. The topological polar surface area (TPSA) is 91.0 Å². The zero-order chi connectivity index (χ0) is 24.8. The summed E-state index contributed by atoms with van der Waals surface area (Å²) < 4.78 is 0. The van der Waals surface area contributed by atoms with Crippen molar-refractivity contribution >= 4 is 11.7 Å². The Morgan fingerprint density at radius 3 is 2.42 bits per heavy atom. The highest BCUT2D eigenvalue weighted by Crippen LogP contribution is 2.17. The Kier molecular flexibility index (Phi) is 10.3. The lowest BCUT2D eigenvalue weighted by molar-refractivity contribution is 0.0946. The summed E-state index contributed by atoms with van der Waals surface area (Å²) in [4.78, 5) is 21.3. The van der Waals surface area contributed by atoms with Crippen LogP contribution in [0, 0.1) is 0 Å². The summed E-state index contributed by atoms with van der Waals surface area (Å²) in [5, 5.41) is 13.4. The predicted molar refractivity (Wildman–Crippen MR) is 145 cm³/mol. The summed E-state index contributed by atoms with van der Waals surface area (Å²) in [6.07, 6.45) is 9.75. The zero-order valence-corrected chi connectivity index (χ0v) is 21.0. The average Bonchev–Trinajstić information content (AvgIpc) is 2.94. The second kappa shape index (κ2) is 14.3. The Hall–Kier alpha value is -3.29. The molecule has 0 atom stereocenters. The van der Waals surface area contributed by atoms with Crippen LogP contribution in [-0.4, -0.2) is 35.0 Å². The monoisotopic (exact) mass is 486 g/mol. The van der Waals surface area contributed by atoms with Gasteiger partial charge in [-0.2, -0.15) is 0 Å². The van der Waals surface area contributed by atoms with Gasteiger partial charge in [0.1, 0.15) is 11.5 Å². The molecule has 3 aromatic rings. The maximum Gasteiger partial charge on any atom is 0.270 e. The first kappa shape index (κ1) is 25.8. The number of rotatable bonds is 13. The fourth-order valence-electron chi connectivity index (χ4n) is 4.45. The molecule has 0 aliphatic heterocycles. The molecule has 4 rings (SSSR count). The molecule has 0 bridgehead atoms. The third-order valence-electron chi connectivity index (χ3n) is 6.53. The van der Waals surface area contributed by atoms with Crippen LogP contribution in [0.1, 0.15) is 65.8 Å². The van der Waals surface area contributed by atoms with E-state index in [-0.39, 0.29) is 5.91 Å². The third-order valence-corrected chi connectivity index (χ3v) is 6.53. The molecule has 36 heavy (non-hydrogen) atoms. The molecule has 1 fully saturated rings. The first-order chi connectivity index (χ1) is 17.8. The van der Waals surface area contributed by atoms with Gasteiger partial charge in [-0.25, -0.2) is 4.98 Å². The highest BCUT2D eigenvalue weighted by Gasteiger charge is 2.11. The van der Waals surface area contributed by atoms with E-state index in [0.717, 1.165) is 43.4 Å². The summed E-state index contributed by atoms with van der Waals surface area (Å²) in [5.41, 5.74) is 3.62. The van der Waals surface area contributed by atoms with Crippen LogP contribution in [0.5, 0.6) is 0 Å². The first-order valence-corrected chi connectivity index (χ1v) is 13.2. The van der Waals surface area contributed by atoms with Crippen LogP contribution in [0.3, 0.4) is 0 Å². The summed E-state index contributed by atoms with van der Waals surface area (Å²) in [6.45, 7) is 3.98. The molecular weight excluding hydrogens is 448 g/mol. The van der Waals surface area contributed by atoms with Crippen molar-refractivity contribution in [2.45, 2.75) is 64.2 Å². The zero-order valence-electron chi connectivity index (χ0n) is 21.0. The van der Waals surface area contributed by atoms with Gasteiger partial charge in [0.25, 0.3) is 5.91 Å². The van der Waals surface area contributed by atoms with Crippen LogP contribution >= 0.6 is 0 Å². The largest absolute Gasteiger partial charge is 0.364 e. The summed E-state index contributed by atoms with van der Waals surface area (Å²) in [5.74, 6) is 0.457. The molecule has 1 amide bonds. The van der Waals surface area contributed by atoms with E-state index in [2.05, 4.69) is 55.5 Å². The number of carbonyl (C=O) groups excluding carboxylic acids is 1. The van der Waals surface area contributed by atoms with Gasteiger partial charge in [0.15, 0.2) is 0 Å². The predicted octanol–water partition coefficient (Wildman–Crippen LogP) is 4.42. The number of anilines is 1. The summed E-state index contributed by atoms with van der Waals surface area (Å²) in [6, 6.07) is 20.3. The molecule has 1 saturated carbocycles. The standard InChI is InChI=1S/C29H38N6O/c36-29(27-11-6-12-28(35-27)33-22-26-10-4-5-18-32-26)34-21-24-15-13-23(14-16-24)20-30-17-7-19-31-25-8-2-1-3-9-25/h4-6,10-16,18,25,30-31H,1-3,7-9,17,19-22H2,(H,33,35)(H,34,36). The summed E-state index contributed by atoms with van der Waals surface area (Å²) in [7, 11) is 0. The summed E-state index contributed by atoms with van der Waals surface area (Å²) >= 11 is 0. The number of pyridine rings is 2. The normalized spacial score (nSPS) is 13.9. The molecule has 0 saturated heterocycles. The Morgan fingerprint density at radius 2 is 1.64 bits per heavy atom. The van der Waals surface area contributed by atoms with Gasteiger partial charge in [-0.15, -0.1) is 0 Å². The number of carbonyl (C=O) groups is 1. The van der Waals surface area contributed by atoms with Crippen LogP contribution in [0.2, 0.25) is 0 Å². The minimum atomic E-state index is -0.191. The highest BCUT2D eigenvalue weighted by atomic mass is 16.1. The maximum atomic E-state index is 12.6. The van der Waals surface area contributed by atoms with Gasteiger partial charge in [-0.1, -0.05) is 55.7 Å². The molecule has 4 N–H and O–H groups in total. The van der Waals surface area contributed by atoms with Gasteiger partial charge in [-0.3, -0.25) is 9.78 Å². The van der Waals surface area contributed by atoms with Crippen molar-refractivity contribution in [2.24, 2.45) is 0 Å². The SMILES string of the molecule is O=C(NCc1ccc(CNCCCNC2CCCCC2)cc1)c1cccc(NCc2ccccn2)n1. The smallest absolute Gasteiger partial charge is 0.270 e. The minimum Gasteiger partial charge on any atom is -0.364 e. The third kappa shape index (κ3) is 8.73. The van der Waals surface area contributed by atoms with Gasteiger partial charge in [-0.05, 0) is 67.7 Å². The van der Waals surface area contributed by atoms with Crippen molar-refractivity contribution in [2.75, 3.05) is 18.4 Å². The molecule has 1 aliphatic rings. The van der Waals surface area contributed by atoms with Crippen molar-refractivity contribution in [3.8, 4) is 0 Å². The maximum absolute atomic E-state index is 12.6. The Labute approximate surface area is 214 Å². The van der Waals surface area contributed by atoms with E-state index in [9.17, 15) is 4.79 Å². The Balaban J connectivity index is 1.13. The highest BCUT2D eigenvalue weighted by molar-refractivity contribution is 5.92. The number of hydrogen-bond donors (Lipinski definition) is 4. The van der Waals surface area contributed by atoms with Gasteiger partial charge < -0.3 is 21.3 Å². The van der Waals surface area contributed by atoms with E-state index in [1.807, 2.05) is 30.3 Å². The molecule has 2 aromatic heterocycles. The van der Waals surface area contributed by atoms with Crippen LogP contribution in [0.25, 0.3) is 0 Å². The quantitative estimate of drug-likeness (QED) is 0.267. The van der Waals surface area contributed by atoms with E-state index in [1.165, 1.54) is 37.7 Å². The van der Waals surface area contributed by atoms with Gasteiger partial charge >= 0.3 is 0 Å². The number of aromatic nitrogens is 2. The Morgan fingerprint density at radius 1 is 0.833 bits per heavy atom. The Bertz CT molecular complexity index is 1050. The van der Waals surface area contributed by atoms with E-state index in [1.54, 1.807) is 12.3 Å². The molecule has 0 radical (unpaired) electrons. The van der Waals surface area contributed by atoms with E-state index in [0.29, 0.717) is 24.6 Å². The van der Waals surface area contributed by atoms with Gasteiger partial charge in [0.2, 0.25) is 0 Å². The van der Waals surface area contributed by atoms with E-state index < -0.39 is 0 Å². The van der Waals surface area contributed by atoms with E-state index >= 15 is 0 Å². The molecule has 1 aromatic carbocycles. The lowest BCUT2D eigenvalue weighted by Gasteiger charge is -2.22. The van der Waals surface area contributed by atoms with Crippen molar-refractivity contribution in [1.82, 2.24) is 25.9 Å². The number of hydrogen-bond acceptors (Lipinski definition) is 6. The number of nitrogens with one attached hydrogen (secondary N) is 4.